The van der Waals surface area contributed by atoms with Crippen LogP contribution in [0.1, 0.15) is 112 Å². The van der Waals surface area contributed by atoms with Gasteiger partial charge in [0.15, 0.2) is 5.78 Å². The second-order valence-corrected chi connectivity index (χ2v) is 13.7. The fraction of sp³-hybridized carbons (Fsp3) is 0.628. The normalized spacial score (nSPS) is 15.8. The van der Waals surface area contributed by atoms with Crippen molar-refractivity contribution in [3.05, 3.63) is 72.3 Å². The first-order valence-electron chi connectivity index (χ1n) is 18.8. The maximum absolute atomic E-state index is 11.9. The van der Waals surface area contributed by atoms with Crippen LogP contribution in [0.5, 0.6) is 0 Å². The van der Waals surface area contributed by atoms with Gasteiger partial charge < -0.3 is 29.5 Å². The minimum absolute atomic E-state index is 0.0649. The maximum atomic E-state index is 11.9. The zero-order chi connectivity index (χ0) is 39.5. The summed E-state index contributed by atoms with van der Waals surface area (Å²) in [5, 5.41) is 2.75. The zero-order valence-electron chi connectivity index (χ0n) is 34.7. The number of carbonyl (C=O) groups is 4. The average Bonchev–Trinajstić information content (AvgIpc) is 3.07. The second kappa shape index (κ2) is 36.7. The Labute approximate surface area is 313 Å². The molecule has 3 aliphatic rings. The third-order valence-electron chi connectivity index (χ3n) is 7.54. The Balaban J connectivity index is -0.000000570. The Morgan fingerprint density at radius 2 is 0.941 bits per heavy atom. The number of hydrogen-bond acceptors (Lipinski definition) is 8. The molecule has 1 saturated carbocycles. The summed E-state index contributed by atoms with van der Waals surface area (Å²) in [5.41, 5.74) is 1.12. The van der Waals surface area contributed by atoms with Crippen LogP contribution in [-0.2, 0) is 19.2 Å². The molecule has 2 aromatic carbocycles. The third kappa shape index (κ3) is 39.6. The largest absolute Gasteiger partial charge is 0.323 e. The van der Waals surface area contributed by atoms with Crippen molar-refractivity contribution in [2.75, 3.05) is 67.5 Å². The molecule has 2 aromatic rings. The Kier molecular flexibility index (Phi) is 37.7. The number of carbonyl (C=O) groups excluding carboxylic acids is 4. The lowest BCUT2D eigenvalue weighted by Gasteiger charge is -2.37. The van der Waals surface area contributed by atoms with Gasteiger partial charge in [0.1, 0.15) is 17.3 Å². The molecule has 0 bridgehead atoms. The molecule has 2 aliphatic heterocycles. The van der Waals surface area contributed by atoms with Crippen LogP contribution in [-0.4, -0.2) is 105 Å². The van der Waals surface area contributed by atoms with Crippen molar-refractivity contribution in [1.29, 1.82) is 0 Å². The van der Waals surface area contributed by atoms with E-state index in [0.717, 1.165) is 37.7 Å². The van der Waals surface area contributed by atoms with Gasteiger partial charge in [0.2, 0.25) is 0 Å². The highest BCUT2D eigenvalue weighted by atomic mass is 16.1. The number of benzene rings is 2. The summed E-state index contributed by atoms with van der Waals surface area (Å²) in [6.45, 7) is 20.2. The average molecular weight is 713 g/mol. The van der Waals surface area contributed by atoms with Gasteiger partial charge in [-0.25, -0.2) is 0 Å². The molecule has 1 unspecified atom stereocenters. The first kappa shape index (κ1) is 52.3. The fourth-order valence-electron chi connectivity index (χ4n) is 4.58. The molecule has 5 rings (SSSR count). The van der Waals surface area contributed by atoms with Gasteiger partial charge in [-0.15, -0.1) is 0 Å². The lowest BCUT2D eigenvalue weighted by atomic mass is 9.91. The van der Waals surface area contributed by atoms with E-state index in [-0.39, 0.29) is 29.2 Å². The highest BCUT2D eigenvalue weighted by molar-refractivity contribution is 5.83. The minimum atomic E-state index is -0.0649. The van der Waals surface area contributed by atoms with E-state index in [1.807, 2.05) is 87.7 Å². The van der Waals surface area contributed by atoms with E-state index >= 15 is 0 Å². The van der Waals surface area contributed by atoms with Crippen LogP contribution >= 0.6 is 0 Å². The predicted octanol–water partition coefficient (Wildman–Crippen LogP) is 8.17. The van der Waals surface area contributed by atoms with Crippen molar-refractivity contribution in [2.24, 2.45) is 5.92 Å². The molecule has 1 N–H and O–H groups in total. The molecule has 1 atom stereocenters. The molecule has 8 nitrogen and oxygen atoms in total. The molecule has 0 radical (unpaired) electrons. The summed E-state index contributed by atoms with van der Waals surface area (Å²) in [5.74, 6) is 1.86. The van der Waals surface area contributed by atoms with E-state index in [4.69, 9.17) is 0 Å². The van der Waals surface area contributed by atoms with Gasteiger partial charge >= 0.3 is 0 Å². The Morgan fingerprint density at radius 3 is 1.18 bits per heavy atom. The Bertz CT molecular complexity index is 1030. The summed E-state index contributed by atoms with van der Waals surface area (Å²) in [7, 11) is 8.02. The standard InChI is InChI=1S/C14H20N2O.C7H14.C6H6.C4H9N.C4H8O.2C3H6O.C2H7N/c1-12(17)14(13-6-4-3-5-7-13)16-10-8-15(2)9-11-16;1-7-5-3-2-4-6-7;1-2-4-6-5-3-1;1-5-3-2-4-5;1-3-4(2)5;2*1-3(2)4;1-3-2/h3-7,14H,8-11H2,1-2H3;7H,2-6H2,1H3;1-6H;2-4H2,1H3;3H2,1-2H3;2*1-2H3;3H,1-2H3. The molecule has 0 aromatic heterocycles. The van der Waals surface area contributed by atoms with Crippen molar-refractivity contribution in [3.63, 3.8) is 0 Å². The van der Waals surface area contributed by atoms with Crippen LogP contribution < -0.4 is 5.32 Å². The minimum Gasteiger partial charge on any atom is -0.323 e. The van der Waals surface area contributed by atoms with E-state index in [1.165, 1.54) is 79.3 Å². The summed E-state index contributed by atoms with van der Waals surface area (Å²) >= 11 is 0. The van der Waals surface area contributed by atoms with Gasteiger partial charge in [-0.2, -0.15) is 0 Å². The number of nitrogens with one attached hydrogen (secondary N) is 1. The molecule has 2 heterocycles. The number of likely N-dealkylation sites (tertiary alicyclic amines) is 1. The van der Waals surface area contributed by atoms with Crippen molar-refractivity contribution >= 4 is 23.1 Å². The molecule has 2 saturated heterocycles. The molecular formula is C43H76N4O4. The molecule has 8 heteroatoms. The van der Waals surface area contributed by atoms with Crippen LogP contribution in [0.25, 0.3) is 0 Å². The van der Waals surface area contributed by atoms with Crippen LogP contribution in [0.2, 0.25) is 0 Å². The van der Waals surface area contributed by atoms with Crippen molar-refractivity contribution < 1.29 is 19.2 Å². The van der Waals surface area contributed by atoms with Crippen LogP contribution in [0.3, 0.4) is 0 Å². The highest BCUT2D eigenvalue weighted by Gasteiger charge is 2.26. The molecule has 0 spiro atoms. The number of ketones is 4. The Morgan fingerprint density at radius 1 is 0.627 bits per heavy atom. The molecule has 1 aliphatic carbocycles. The van der Waals surface area contributed by atoms with E-state index in [2.05, 4.69) is 41.0 Å². The monoisotopic (exact) mass is 713 g/mol. The van der Waals surface area contributed by atoms with Crippen LogP contribution in [0, 0.1) is 5.92 Å². The van der Waals surface area contributed by atoms with Crippen LogP contribution in [0.15, 0.2) is 66.7 Å². The number of nitrogens with zero attached hydrogens (tertiary/aromatic N) is 3. The lowest BCUT2D eigenvalue weighted by Crippen LogP contribution is -2.47. The van der Waals surface area contributed by atoms with Gasteiger partial charge in [0, 0.05) is 32.6 Å². The topological polar surface area (TPSA) is 90.0 Å². The van der Waals surface area contributed by atoms with Gasteiger partial charge in [-0.05, 0) is 101 Å². The summed E-state index contributed by atoms with van der Waals surface area (Å²) in [6, 6.07) is 22.0. The fourth-order valence-corrected chi connectivity index (χ4v) is 4.58. The van der Waals surface area contributed by atoms with E-state index in [0.29, 0.717) is 6.42 Å². The Hall–Kier alpha value is -3.04. The molecular weight excluding hydrogens is 636 g/mol. The van der Waals surface area contributed by atoms with Crippen LogP contribution in [0.4, 0.5) is 0 Å². The second-order valence-electron chi connectivity index (χ2n) is 13.7. The van der Waals surface area contributed by atoms with E-state index < -0.39 is 0 Å². The SMILES string of the molecule is CC(=O)C(c1ccccc1)N1CCN(C)CC1.CC(C)=O.CC(C)=O.CC1CCCCC1.CCC(C)=O.CN1CCC1.CNC.c1ccccc1. The number of rotatable bonds is 4. The lowest BCUT2D eigenvalue weighted by molar-refractivity contribution is -0.123. The zero-order valence-corrected chi connectivity index (χ0v) is 34.7. The van der Waals surface area contributed by atoms with Gasteiger partial charge in [0.25, 0.3) is 0 Å². The number of likely N-dealkylation sites (N-methyl/N-ethyl adjacent to an activating group) is 1. The van der Waals surface area contributed by atoms with Crippen molar-refractivity contribution in [1.82, 2.24) is 20.0 Å². The number of hydrogen-bond donors (Lipinski definition) is 1. The first-order chi connectivity index (χ1) is 24.1. The highest BCUT2D eigenvalue weighted by Crippen LogP contribution is 2.23. The maximum Gasteiger partial charge on any atom is 0.151 e. The molecule has 0 amide bonds. The first-order valence-corrected chi connectivity index (χ1v) is 18.8. The van der Waals surface area contributed by atoms with Gasteiger partial charge in [-0.1, -0.05) is 113 Å². The van der Waals surface area contributed by atoms with E-state index in [1.54, 1.807) is 13.8 Å². The smallest absolute Gasteiger partial charge is 0.151 e. The van der Waals surface area contributed by atoms with E-state index in [9.17, 15) is 19.2 Å². The van der Waals surface area contributed by atoms with Crippen molar-refractivity contribution in [2.45, 2.75) is 106 Å². The summed E-state index contributed by atoms with van der Waals surface area (Å²) in [6.07, 6.45) is 9.52. The number of piperazine rings is 1. The molecule has 292 valence electrons. The van der Waals surface area contributed by atoms with Gasteiger partial charge in [0.05, 0.1) is 6.04 Å². The number of Topliss-reactive ketones (excluding diaryl/α,β-unsaturated/α-hetero) is 4. The van der Waals surface area contributed by atoms with Crippen molar-refractivity contribution in [3.8, 4) is 0 Å². The van der Waals surface area contributed by atoms with Gasteiger partial charge in [-0.3, -0.25) is 9.69 Å². The quantitative estimate of drug-likeness (QED) is 0.340. The molecule has 3 fully saturated rings. The summed E-state index contributed by atoms with van der Waals surface area (Å²) in [4.78, 5) is 47.5. The molecule has 51 heavy (non-hydrogen) atoms. The predicted molar refractivity (Wildman–Crippen MR) is 218 cm³/mol. The summed E-state index contributed by atoms with van der Waals surface area (Å²) < 4.78 is 0. The third-order valence-corrected chi connectivity index (χ3v) is 7.54.